The highest BCUT2D eigenvalue weighted by atomic mass is 16.2. The van der Waals surface area contributed by atoms with Gasteiger partial charge >= 0.3 is 0 Å². The van der Waals surface area contributed by atoms with Crippen LogP contribution in [0.2, 0.25) is 0 Å². The molecule has 3 aromatic rings. The fourth-order valence-corrected chi connectivity index (χ4v) is 2.19. The van der Waals surface area contributed by atoms with Gasteiger partial charge in [-0.05, 0) is 29.8 Å². The van der Waals surface area contributed by atoms with E-state index < -0.39 is 0 Å². The molecule has 0 unspecified atom stereocenters. The first-order valence-electron chi connectivity index (χ1n) is 6.91. The van der Waals surface area contributed by atoms with E-state index in [0.717, 1.165) is 11.3 Å². The smallest absolute Gasteiger partial charge is 0.228 e. The number of H-pyrrole nitrogens is 1. The SMILES string of the molecule is O=C(Cc1ccc(-n2cccc2)cc1)Nc1c[nH]ccc1=O. The number of hydrogen-bond acceptors (Lipinski definition) is 2. The summed E-state index contributed by atoms with van der Waals surface area (Å²) in [5.41, 5.74) is 1.97. The molecule has 0 aliphatic heterocycles. The monoisotopic (exact) mass is 293 g/mol. The Morgan fingerprint density at radius 2 is 1.82 bits per heavy atom. The first-order chi connectivity index (χ1) is 10.7. The van der Waals surface area contributed by atoms with Gasteiger partial charge in [-0.25, -0.2) is 0 Å². The van der Waals surface area contributed by atoms with Crippen molar-refractivity contribution in [2.75, 3.05) is 5.32 Å². The zero-order valence-electron chi connectivity index (χ0n) is 11.8. The minimum atomic E-state index is -0.217. The predicted molar refractivity (Wildman–Crippen MR) is 85.2 cm³/mol. The minimum absolute atomic E-state index is 0.213. The number of carbonyl (C=O) groups is 1. The van der Waals surface area contributed by atoms with Crippen LogP contribution in [0.1, 0.15) is 5.56 Å². The topological polar surface area (TPSA) is 66.9 Å². The van der Waals surface area contributed by atoms with Crippen LogP contribution in [-0.4, -0.2) is 15.5 Å². The quantitative estimate of drug-likeness (QED) is 0.775. The molecule has 0 saturated heterocycles. The number of rotatable bonds is 4. The number of anilines is 1. The Morgan fingerprint density at radius 1 is 1.09 bits per heavy atom. The maximum absolute atomic E-state index is 12.0. The van der Waals surface area contributed by atoms with Crippen LogP contribution in [0.25, 0.3) is 5.69 Å². The second kappa shape index (κ2) is 6.13. The fraction of sp³-hybridized carbons (Fsp3) is 0.0588. The highest BCUT2D eigenvalue weighted by molar-refractivity contribution is 5.92. The number of benzene rings is 1. The first-order valence-corrected chi connectivity index (χ1v) is 6.91. The van der Waals surface area contributed by atoms with Crippen LogP contribution < -0.4 is 10.7 Å². The zero-order valence-corrected chi connectivity index (χ0v) is 11.8. The van der Waals surface area contributed by atoms with Crippen molar-refractivity contribution in [3.8, 4) is 5.69 Å². The Labute approximate surface area is 127 Å². The van der Waals surface area contributed by atoms with Crippen molar-refractivity contribution in [1.82, 2.24) is 9.55 Å². The number of pyridine rings is 1. The fourth-order valence-electron chi connectivity index (χ4n) is 2.19. The molecule has 0 fully saturated rings. The molecule has 22 heavy (non-hydrogen) atoms. The zero-order chi connectivity index (χ0) is 15.4. The lowest BCUT2D eigenvalue weighted by Crippen LogP contribution is -2.19. The molecule has 3 rings (SSSR count). The van der Waals surface area contributed by atoms with Gasteiger partial charge in [0.05, 0.1) is 6.42 Å². The van der Waals surface area contributed by atoms with Crippen molar-refractivity contribution in [1.29, 1.82) is 0 Å². The minimum Gasteiger partial charge on any atom is -0.366 e. The summed E-state index contributed by atoms with van der Waals surface area (Å²) >= 11 is 0. The highest BCUT2D eigenvalue weighted by Gasteiger charge is 2.06. The van der Waals surface area contributed by atoms with Crippen molar-refractivity contribution in [3.63, 3.8) is 0 Å². The number of nitrogens with one attached hydrogen (secondary N) is 2. The maximum atomic E-state index is 12.0. The number of aromatic amines is 1. The molecular formula is C17H15N3O2. The van der Waals surface area contributed by atoms with E-state index in [1.807, 2.05) is 53.4 Å². The van der Waals surface area contributed by atoms with Gasteiger partial charge in [0.1, 0.15) is 5.69 Å². The number of carbonyl (C=O) groups excluding carboxylic acids is 1. The predicted octanol–water partition coefficient (Wildman–Crippen LogP) is 2.35. The molecule has 2 heterocycles. The van der Waals surface area contributed by atoms with Crippen LogP contribution in [0, 0.1) is 0 Å². The van der Waals surface area contributed by atoms with Crippen LogP contribution in [0.15, 0.2) is 72.0 Å². The molecule has 0 bridgehead atoms. The number of nitrogens with zero attached hydrogens (tertiary/aromatic N) is 1. The number of amides is 1. The van der Waals surface area contributed by atoms with Gasteiger partial charge in [-0.3, -0.25) is 9.59 Å². The Hall–Kier alpha value is -3.08. The van der Waals surface area contributed by atoms with Crippen LogP contribution in [0.5, 0.6) is 0 Å². The Bertz CT molecular complexity index is 818. The van der Waals surface area contributed by atoms with Crippen LogP contribution in [0.4, 0.5) is 5.69 Å². The van der Waals surface area contributed by atoms with Gasteiger partial charge in [-0.1, -0.05) is 12.1 Å². The summed E-state index contributed by atoms with van der Waals surface area (Å²) in [6.07, 6.45) is 7.15. The molecule has 0 aliphatic rings. The summed E-state index contributed by atoms with van der Waals surface area (Å²) in [6.45, 7) is 0. The molecule has 110 valence electrons. The van der Waals surface area contributed by atoms with E-state index in [1.54, 1.807) is 0 Å². The van der Waals surface area contributed by atoms with Gasteiger partial charge in [-0.15, -0.1) is 0 Å². The van der Waals surface area contributed by atoms with Gasteiger partial charge in [0, 0.05) is 36.5 Å². The van der Waals surface area contributed by atoms with Gasteiger partial charge in [0.15, 0.2) is 0 Å². The van der Waals surface area contributed by atoms with Crippen molar-refractivity contribution < 1.29 is 4.79 Å². The van der Waals surface area contributed by atoms with Crippen LogP contribution in [0.3, 0.4) is 0 Å². The Morgan fingerprint density at radius 3 is 2.50 bits per heavy atom. The summed E-state index contributed by atoms with van der Waals surface area (Å²) in [5.74, 6) is -0.217. The molecule has 2 N–H and O–H groups in total. The van der Waals surface area contributed by atoms with Crippen molar-refractivity contribution in [2.24, 2.45) is 0 Å². The molecule has 1 aromatic carbocycles. The molecule has 0 aliphatic carbocycles. The normalized spacial score (nSPS) is 10.4. The largest absolute Gasteiger partial charge is 0.366 e. The highest BCUT2D eigenvalue weighted by Crippen LogP contribution is 2.11. The average Bonchev–Trinajstić information content (AvgIpc) is 3.05. The molecule has 0 spiro atoms. The van der Waals surface area contributed by atoms with E-state index in [4.69, 9.17) is 0 Å². The summed E-state index contributed by atoms with van der Waals surface area (Å²) in [5, 5.41) is 2.61. The van der Waals surface area contributed by atoms with E-state index >= 15 is 0 Å². The van der Waals surface area contributed by atoms with Gasteiger partial charge in [0.2, 0.25) is 11.3 Å². The van der Waals surface area contributed by atoms with E-state index in [1.165, 1.54) is 18.5 Å². The third kappa shape index (κ3) is 3.15. The third-order valence-electron chi connectivity index (χ3n) is 3.30. The van der Waals surface area contributed by atoms with E-state index in [-0.39, 0.29) is 23.4 Å². The second-order valence-electron chi connectivity index (χ2n) is 4.90. The van der Waals surface area contributed by atoms with Gasteiger partial charge in [-0.2, -0.15) is 0 Å². The third-order valence-corrected chi connectivity index (χ3v) is 3.30. The maximum Gasteiger partial charge on any atom is 0.228 e. The number of hydrogen-bond donors (Lipinski definition) is 2. The molecule has 1 amide bonds. The average molecular weight is 293 g/mol. The van der Waals surface area contributed by atoms with E-state index in [9.17, 15) is 9.59 Å². The van der Waals surface area contributed by atoms with Gasteiger partial charge < -0.3 is 14.9 Å². The molecule has 0 atom stereocenters. The lowest BCUT2D eigenvalue weighted by atomic mass is 10.1. The summed E-state index contributed by atoms with van der Waals surface area (Å²) in [6, 6.07) is 13.0. The molecular weight excluding hydrogens is 278 g/mol. The molecule has 2 aromatic heterocycles. The standard InChI is InChI=1S/C17H15N3O2/c21-16-7-8-18-12-15(16)19-17(22)11-13-3-5-14(6-4-13)20-9-1-2-10-20/h1-10,12H,11H2,(H,18,21)(H,19,22). The summed E-state index contributed by atoms with van der Waals surface area (Å²) in [4.78, 5) is 26.3. The first kappa shape index (κ1) is 13.9. The van der Waals surface area contributed by atoms with Crippen LogP contribution >= 0.6 is 0 Å². The lowest BCUT2D eigenvalue weighted by molar-refractivity contribution is -0.115. The molecule has 5 nitrogen and oxygen atoms in total. The summed E-state index contributed by atoms with van der Waals surface area (Å²) < 4.78 is 1.99. The number of aromatic nitrogens is 2. The Kier molecular flexibility index (Phi) is 3.87. The van der Waals surface area contributed by atoms with E-state index in [2.05, 4.69) is 10.3 Å². The Balaban J connectivity index is 1.67. The van der Waals surface area contributed by atoms with E-state index in [0.29, 0.717) is 0 Å². The van der Waals surface area contributed by atoms with Crippen molar-refractivity contribution in [3.05, 3.63) is 83.0 Å². The van der Waals surface area contributed by atoms with Crippen LogP contribution in [-0.2, 0) is 11.2 Å². The molecule has 5 heteroatoms. The molecule has 0 radical (unpaired) electrons. The second-order valence-corrected chi connectivity index (χ2v) is 4.90. The summed E-state index contributed by atoms with van der Waals surface area (Å²) in [7, 11) is 0. The van der Waals surface area contributed by atoms with Gasteiger partial charge in [0.25, 0.3) is 0 Å². The molecule has 0 saturated carbocycles. The van der Waals surface area contributed by atoms with Crippen molar-refractivity contribution >= 4 is 11.6 Å². The lowest BCUT2D eigenvalue weighted by Gasteiger charge is -2.06. The van der Waals surface area contributed by atoms with Crippen molar-refractivity contribution in [2.45, 2.75) is 6.42 Å².